The highest BCUT2D eigenvalue weighted by atomic mass is 15.3. The van der Waals surface area contributed by atoms with Crippen molar-refractivity contribution in [2.45, 2.75) is 38.4 Å². The molecule has 1 aliphatic rings. The van der Waals surface area contributed by atoms with Crippen LogP contribution in [0.2, 0.25) is 0 Å². The quantitative estimate of drug-likeness (QED) is 0.889. The summed E-state index contributed by atoms with van der Waals surface area (Å²) in [6.07, 6.45) is 4.80. The van der Waals surface area contributed by atoms with Crippen molar-refractivity contribution >= 4 is 0 Å². The van der Waals surface area contributed by atoms with Crippen LogP contribution in [0.5, 0.6) is 0 Å². The van der Waals surface area contributed by atoms with Crippen LogP contribution in [0.25, 0.3) is 0 Å². The van der Waals surface area contributed by atoms with Crippen LogP contribution in [0.1, 0.15) is 25.8 Å². The molecule has 0 saturated carbocycles. The van der Waals surface area contributed by atoms with Crippen molar-refractivity contribution in [2.24, 2.45) is 5.73 Å². The van der Waals surface area contributed by atoms with Gasteiger partial charge in [0, 0.05) is 43.6 Å². The Hall–Kier alpha value is -0.970. The van der Waals surface area contributed by atoms with E-state index >= 15 is 0 Å². The summed E-state index contributed by atoms with van der Waals surface area (Å²) < 4.78 is 0. The fourth-order valence-electron chi connectivity index (χ4n) is 3.24. The van der Waals surface area contributed by atoms with E-state index in [1.807, 2.05) is 12.4 Å². The van der Waals surface area contributed by atoms with Crippen molar-refractivity contribution < 1.29 is 0 Å². The summed E-state index contributed by atoms with van der Waals surface area (Å²) in [6.45, 7) is 8.58. The van der Waals surface area contributed by atoms with Gasteiger partial charge in [-0.05, 0) is 51.6 Å². The molecule has 19 heavy (non-hydrogen) atoms. The first kappa shape index (κ1) is 14.4. The lowest BCUT2D eigenvalue weighted by atomic mass is 9.93. The Kier molecular flexibility index (Phi) is 4.55. The standard InChI is InChI=1S/C15H26N4/c1-15(2)12-18(3)11-14(4-7-16)19(15)10-13-5-8-17-9-6-13/h5-6,8-9,14H,4,7,10-12,16H2,1-3H3. The zero-order chi connectivity index (χ0) is 13.9. The molecule has 1 fully saturated rings. The zero-order valence-electron chi connectivity index (χ0n) is 12.3. The molecule has 2 rings (SSSR count). The fourth-order valence-corrected chi connectivity index (χ4v) is 3.24. The van der Waals surface area contributed by atoms with Crippen LogP contribution in [0.3, 0.4) is 0 Å². The number of hydrogen-bond acceptors (Lipinski definition) is 4. The minimum atomic E-state index is 0.177. The number of nitrogens with zero attached hydrogens (tertiary/aromatic N) is 3. The first-order valence-corrected chi connectivity index (χ1v) is 7.07. The van der Waals surface area contributed by atoms with Crippen LogP contribution in [0, 0.1) is 0 Å². The average Bonchev–Trinajstić information content (AvgIpc) is 2.34. The molecule has 0 bridgehead atoms. The maximum absolute atomic E-state index is 5.79. The highest BCUT2D eigenvalue weighted by Crippen LogP contribution is 2.27. The number of rotatable bonds is 4. The molecule has 0 radical (unpaired) electrons. The molecular weight excluding hydrogens is 236 g/mol. The van der Waals surface area contributed by atoms with Gasteiger partial charge < -0.3 is 10.6 Å². The van der Waals surface area contributed by atoms with Gasteiger partial charge in [-0.3, -0.25) is 9.88 Å². The van der Waals surface area contributed by atoms with Gasteiger partial charge in [0.05, 0.1) is 0 Å². The molecule has 4 heteroatoms. The Bertz CT molecular complexity index is 390. The third-order valence-corrected chi connectivity index (χ3v) is 4.00. The van der Waals surface area contributed by atoms with E-state index < -0.39 is 0 Å². The Morgan fingerprint density at radius 1 is 1.37 bits per heavy atom. The van der Waals surface area contributed by atoms with Crippen LogP contribution < -0.4 is 5.73 Å². The molecule has 1 aliphatic heterocycles. The smallest absolute Gasteiger partial charge is 0.0287 e. The van der Waals surface area contributed by atoms with Crippen LogP contribution in [-0.2, 0) is 6.54 Å². The number of pyridine rings is 1. The van der Waals surface area contributed by atoms with E-state index in [4.69, 9.17) is 5.73 Å². The third-order valence-electron chi connectivity index (χ3n) is 4.00. The molecule has 0 aromatic carbocycles. The zero-order valence-corrected chi connectivity index (χ0v) is 12.3. The Labute approximate surface area is 116 Å². The van der Waals surface area contributed by atoms with Crippen LogP contribution in [-0.4, -0.2) is 53.0 Å². The maximum atomic E-state index is 5.79. The number of aromatic nitrogens is 1. The van der Waals surface area contributed by atoms with E-state index in [1.165, 1.54) is 5.56 Å². The molecule has 1 aromatic heterocycles. The van der Waals surface area contributed by atoms with E-state index in [2.05, 4.69) is 47.8 Å². The van der Waals surface area contributed by atoms with Crippen molar-refractivity contribution in [3.63, 3.8) is 0 Å². The Morgan fingerprint density at radius 3 is 2.68 bits per heavy atom. The molecule has 1 unspecified atom stereocenters. The number of likely N-dealkylation sites (N-methyl/N-ethyl adjacent to an activating group) is 1. The van der Waals surface area contributed by atoms with Gasteiger partial charge in [0.15, 0.2) is 0 Å². The maximum Gasteiger partial charge on any atom is 0.0287 e. The van der Waals surface area contributed by atoms with Gasteiger partial charge in [-0.2, -0.15) is 0 Å². The fraction of sp³-hybridized carbons (Fsp3) is 0.667. The molecule has 0 amide bonds. The molecule has 1 aromatic rings. The second-order valence-electron chi connectivity index (χ2n) is 6.22. The number of nitrogens with two attached hydrogens (primary N) is 1. The van der Waals surface area contributed by atoms with Crippen molar-refractivity contribution in [3.05, 3.63) is 30.1 Å². The van der Waals surface area contributed by atoms with Gasteiger partial charge >= 0.3 is 0 Å². The van der Waals surface area contributed by atoms with Gasteiger partial charge in [0.2, 0.25) is 0 Å². The molecule has 4 nitrogen and oxygen atoms in total. The molecule has 2 heterocycles. The summed E-state index contributed by atoms with van der Waals surface area (Å²) >= 11 is 0. The third kappa shape index (κ3) is 3.53. The lowest BCUT2D eigenvalue weighted by Crippen LogP contribution is -2.62. The normalized spacial score (nSPS) is 24.5. The van der Waals surface area contributed by atoms with Crippen molar-refractivity contribution in [1.82, 2.24) is 14.8 Å². The predicted octanol–water partition coefficient (Wildman–Crippen LogP) is 1.33. The summed E-state index contributed by atoms with van der Waals surface area (Å²) in [6, 6.07) is 4.74. The highest BCUT2D eigenvalue weighted by Gasteiger charge is 2.37. The van der Waals surface area contributed by atoms with Crippen molar-refractivity contribution in [3.8, 4) is 0 Å². The topological polar surface area (TPSA) is 45.4 Å². The molecule has 1 saturated heterocycles. The second kappa shape index (κ2) is 5.99. The van der Waals surface area contributed by atoms with E-state index in [0.717, 1.165) is 32.6 Å². The van der Waals surface area contributed by atoms with Crippen molar-refractivity contribution in [1.29, 1.82) is 0 Å². The summed E-state index contributed by atoms with van der Waals surface area (Å²) in [7, 11) is 2.20. The van der Waals surface area contributed by atoms with E-state index in [9.17, 15) is 0 Å². The lowest BCUT2D eigenvalue weighted by Gasteiger charge is -2.51. The van der Waals surface area contributed by atoms with Gasteiger partial charge in [-0.15, -0.1) is 0 Å². The van der Waals surface area contributed by atoms with Gasteiger partial charge in [-0.25, -0.2) is 0 Å². The van der Waals surface area contributed by atoms with Crippen LogP contribution >= 0.6 is 0 Å². The number of hydrogen-bond donors (Lipinski definition) is 1. The Morgan fingerprint density at radius 2 is 2.05 bits per heavy atom. The highest BCUT2D eigenvalue weighted by molar-refractivity contribution is 5.11. The molecule has 2 N–H and O–H groups in total. The van der Waals surface area contributed by atoms with Crippen LogP contribution in [0.15, 0.2) is 24.5 Å². The van der Waals surface area contributed by atoms with Gasteiger partial charge in [-0.1, -0.05) is 0 Å². The Balaban J connectivity index is 2.17. The predicted molar refractivity (Wildman–Crippen MR) is 78.8 cm³/mol. The summed E-state index contributed by atoms with van der Waals surface area (Å²) in [4.78, 5) is 9.12. The van der Waals surface area contributed by atoms with E-state index in [1.54, 1.807) is 0 Å². The van der Waals surface area contributed by atoms with Crippen molar-refractivity contribution in [2.75, 3.05) is 26.7 Å². The molecule has 1 atom stereocenters. The summed E-state index contributed by atoms with van der Waals surface area (Å²) in [5, 5.41) is 0. The first-order chi connectivity index (χ1) is 9.03. The van der Waals surface area contributed by atoms with Gasteiger partial charge in [0.1, 0.15) is 0 Å². The molecular formula is C15H26N4. The molecule has 106 valence electrons. The minimum Gasteiger partial charge on any atom is -0.330 e. The minimum absolute atomic E-state index is 0.177. The largest absolute Gasteiger partial charge is 0.330 e. The molecule has 0 aliphatic carbocycles. The van der Waals surface area contributed by atoms with E-state index in [0.29, 0.717) is 6.04 Å². The second-order valence-corrected chi connectivity index (χ2v) is 6.22. The summed E-state index contributed by atoms with van der Waals surface area (Å²) in [5.41, 5.74) is 7.30. The van der Waals surface area contributed by atoms with Gasteiger partial charge in [0.25, 0.3) is 0 Å². The number of piperazine rings is 1. The average molecular weight is 262 g/mol. The van der Waals surface area contributed by atoms with Crippen LogP contribution in [0.4, 0.5) is 0 Å². The summed E-state index contributed by atoms with van der Waals surface area (Å²) in [5.74, 6) is 0. The SMILES string of the molecule is CN1CC(CCN)N(Cc2ccncc2)C(C)(C)C1. The lowest BCUT2D eigenvalue weighted by molar-refractivity contribution is -0.0244. The molecule has 0 spiro atoms. The first-order valence-electron chi connectivity index (χ1n) is 7.07. The van der Waals surface area contributed by atoms with E-state index in [-0.39, 0.29) is 5.54 Å². The monoisotopic (exact) mass is 262 g/mol.